The first-order chi connectivity index (χ1) is 26.2. The number of hydrogen-bond acceptors (Lipinski definition) is 7. The van der Waals surface area contributed by atoms with Crippen LogP contribution in [0, 0.1) is 5.41 Å². The van der Waals surface area contributed by atoms with E-state index in [-0.39, 0.29) is 42.4 Å². The molecule has 294 valence electrons. The molecule has 0 aliphatic heterocycles. The Morgan fingerprint density at radius 2 is 1.56 bits per heavy atom. The van der Waals surface area contributed by atoms with Gasteiger partial charge in [0, 0.05) is 33.4 Å². The number of nitrogens with one attached hydrogen (secondary N) is 1. The molecule has 1 atom stereocenters. The smallest absolute Gasteiger partial charge is 0.416 e. The Balaban J connectivity index is 0.00000193. The molecule has 1 N–H and O–H groups in total. The van der Waals surface area contributed by atoms with Crippen molar-refractivity contribution >= 4 is 29.4 Å². The van der Waals surface area contributed by atoms with Gasteiger partial charge in [0.1, 0.15) is 0 Å². The molecule has 12 heteroatoms. The van der Waals surface area contributed by atoms with E-state index in [0.29, 0.717) is 36.0 Å². The van der Waals surface area contributed by atoms with E-state index < -0.39 is 34.9 Å². The summed E-state index contributed by atoms with van der Waals surface area (Å²) in [4.78, 5) is 53.9. The lowest BCUT2D eigenvalue weighted by Gasteiger charge is -2.28. The number of halogens is 3. The van der Waals surface area contributed by atoms with Gasteiger partial charge in [0.2, 0.25) is 0 Å². The van der Waals surface area contributed by atoms with Crippen molar-refractivity contribution < 1.29 is 46.6 Å². The second-order valence-electron chi connectivity index (χ2n) is 13.0. The summed E-state index contributed by atoms with van der Waals surface area (Å²) in [6.45, 7) is 6.67. The first-order valence-electron chi connectivity index (χ1n) is 17.9. The summed E-state index contributed by atoms with van der Waals surface area (Å²) >= 11 is 0. The maximum Gasteiger partial charge on any atom is 0.416 e. The molecule has 0 spiro atoms. The molecule has 0 bridgehead atoms. The van der Waals surface area contributed by atoms with E-state index in [1.54, 1.807) is 52.4 Å². The summed E-state index contributed by atoms with van der Waals surface area (Å²) < 4.78 is 54.8. The summed E-state index contributed by atoms with van der Waals surface area (Å²) in [5, 5.41) is 2.76. The van der Waals surface area contributed by atoms with Crippen molar-refractivity contribution in [2.75, 3.05) is 46.3 Å². The number of ether oxygens (including phenoxy) is 3. The van der Waals surface area contributed by atoms with Crippen LogP contribution in [0.4, 0.5) is 18.9 Å². The summed E-state index contributed by atoms with van der Waals surface area (Å²) in [5.41, 5.74) is 0.930. The van der Waals surface area contributed by atoms with Crippen molar-refractivity contribution in [2.45, 2.75) is 52.6 Å². The molecule has 0 saturated heterocycles. The van der Waals surface area contributed by atoms with Crippen LogP contribution in [0.15, 0.2) is 103 Å². The largest absolute Gasteiger partial charge is 0.465 e. The molecule has 1 unspecified atom stereocenters. The first-order valence-corrected chi connectivity index (χ1v) is 17.9. The Kier molecular flexibility index (Phi) is 16.6. The summed E-state index contributed by atoms with van der Waals surface area (Å²) in [6, 6.07) is 15.6. The van der Waals surface area contributed by atoms with Crippen LogP contribution >= 0.6 is 0 Å². The summed E-state index contributed by atoms with van der Waals surface area (Å²) in [7, 11) is 4.78. The fraction of sp³-hybridized carbons (Fsp3) is 0.349. The maximum atomic E-state index is 13.5. The van der Waals surface area contributed by atoms with Gasteiger partial charge in [0.05, 0.1) is 41.9 Å². The lowest BCUT2D eigenvalue weighted by atomic mass is 9.77. The number of carbonyl (C=O) groups is 4. The van der Waals surface area contributed by atoms with Crippen LogP contribution in [0.2, 0.25) is 0 Å². The van der Waals surface area contributed by atoms with Crippen LogP contribution in [0.5, 0.6) is 0 Å². The highest BCUT2D eigenvalue weighted by Crippen LogP contribution is 2.36. The Morgan fingerprint density at radius 3 is 2.20 bits per heavy atom. The minimum atomic E-state index is -4.50. The summed E-state index contributed by atoms with van der Waals surface area (Å²) in [6.07, 6.45) is 6.51. The third-order valence-electron chi connectivity index (χ3n) is 8.74. The van der Waals surface area contributed by atoms with Crippen molar-refractivity contribution in [3.05, 3.63) is 125 Å². The fourth-order valence-corrected chi connectivity index (χ4v) is 5.66. The van der Waals surface area contributed by atoms with Crippen molar-refractivity contribution in [1.29, 1.82) is 0 Å². The monoisotopic (exact) mass is 762 g/mol. The molecule has 1 aliphatic rings. The molecule has 3 aromatic rings. The van der Waals surface area contributed by atoms with Crippen LogP contribution in [0.3, 0.4) is 0 Å². The molecule has 3 aromatic carbocycles. The van der Waals surface area contributed by atoms with Gasteiger partial charge in [-0.15, -0.1) is 0 Å². The van der Waals surface area contributed by atoms with E-state index in [2.05, 4.69) is 10.1 Å². The number of allylic oxidation sites excluding steroid dienone is 5. The molecule has 0 saturated carbocycles. The zero-order valence-electron chi connectivity index (χ0n) is 32.1. The van der Waals surface area contributed by atoms with Crippen molar-refractivity contribution in [3.63, 3.8) is 0 Å². The normalized spacial score (nSPS) is 13.3. The van der Waals surface area contributed by atoms with Gasteiger partial charge < -0.3 is 24.4 Å². The van der Waals surface area contributed by atoms with Crippen molar-refractivity contribution in [2.24, 2.45) is 5.41 Å². The van der Waals surface area contributed by atoms with Gasteiger partial charge >= 0.3 is 18.1 Å². The molecule has 55 heavy (non-hydrogen) atoms. The number of methoxy groups -OCH3 is 1. The van der Waals surface area contributed by atoms with Gasteiger partial charge in [-0.05, 0) is 92.6 Å². The van der Waals surface area contributed by atoms with E-state index in [1.165, 1.54) is 35.2 Å². The molecular formula is C43H49F3N2O7. The number of nitrogens with zero attached hydrogens (tertiary/aromatic N) is 1. The number of esters is 2. The Bertz CT molecular complexity index is 1880. The van der Waals surface area contributed by atoms with Gasteiger partial charge in [0.15, 0.2) is 0 Å². The molecule has 0 radical (unpaired) electrons. The van der Waals surface area contributed by atoms with Crippen molar-refractivity contribution in [1.82, 2.24) is 4.90 Å². The third-order valence-corrected chi connectivity index (χ3v) is 8.74. The fourth-order valence-electron chi connectivity index (χ4n) is 5.66. The minimum absolute atomic E-state index is 0.0685. The molecule has 0 fully saturated rings. The Hall–Kier alpha value is -5.49. The van der Waals surface area contributed by atoms with E-state index in [1.807, 2.05) is 44.2 Å². The van der Waals surface area contributed by atoms with E-state index in [0.717, 1.165) is 24.3 Å². The van der Waals surface area contributed by atoms with Gasteiger partial charge in [0.25, 0.3) is 11.8 Å². The molecule has 9 nitrogen and oxygen atoms in total. The van der Waals surface area contributed by atoms with Crippen molar-refractivity contribution in [3.8, 4) is 11.1 Å². The Morgan fingerprint density at radius 1 is 0.873 bits per heavy atom. The predicted octanol–water partition coefficient (Wildman–Crippen LogP) is 8.86. The second kappa shape index (κ2) is 20.8. The van der Waals surface area contributed by atoms with Crippen LogP contribution < -0.4 is 5.32 Å². The third kappa shape index (κ3) is 12.5. The number of hydrogen-bond donors (Lipinski definition) is 1. The summed E-state index contributed by atoms with van der Waals surface area (Å²) in [5.74, 6) is -1.88. The quantitative estimate of drug-likeness (QED) is 0.129. The van der Waals surface area contributed by atoms with Crippen LogP contribution in [0.25, 0.3) is 11.1 Å². The average molecular weight is 763 g/mol. The molecular weight excluding hydrogens is 713 g/mol. The number of rotatable bonds is 14. The highest BCUT2D eigenvalue weighted by atomic mass is 19.4. The van der Waals surface area contributed by atoms with Gasteiger partial charge in [-0.3, -0.25) is 19.2 Å². The van der Waals surface area contributed by atoms with Gasteiger partial charge in [-0.2, -0.15) is 13.2 Å². The van der Waals surface area contributed by atoms with E-state index in [9.17, 15) is 32.3 Å². The average Bonchev–Trinajstić information content (AvgIpc) is 3.47. The standard InChI is InChI=1S/C40H41F3N2O6.C3H8O/c1-5-50-38(49)39(2,29-13-8-6-7-9-14-29)23-12-24-51-35(46)26-27-17-22-34(33(25-27)37(48)45(3)4)44-36(47)32-16-11-10-15-31(32)28-18-20-30(21-19-28)40(41,42)43;1-3-4-2/h6-8,10-11,13-22,25H,5,9,12,23-24,26H2,1-4H3,(H,44,47);3H2,1-2H3. The lowest BCUT2D eigenvalue weighted by molar-refractivity contribution is -0.152. The molecule has 0 heterocycles. The number of amides is 2. The number of anilines is 1. The minimum Gasteiger partial charge on any atom is -0.465 e. The molecule has 0 aromatic heterocycles. The van der Waals surface area contributed by atoms with E-state index >= 15 is 0 Å². The topological polar surface area (TPSA) is 111 Å². The van der Waals surface area contributed by atoms with Crippen LogP contribution in [-0.2, 0) is 36.4 Å². The SMILES string of the molecule is CCOC.CCOC(=O)C(C)(CCCOC(=O)Cc1ccc(NC(=O)c2ccccc2-c2ccc(C(F)(F)F)cc2)c(C(=O)N(C)C)c1)C1=CCC=CC=C1. The molecule has 4 rings (SSSR count). The van der Waals surface area contributed by atoms with Gasteiger partial charge in [-0.25, -0.2) is 0 Å². The molecule has 1 aliphatic carbocycles. The van der Waals surface area contributed by atoms with Gasteiger partial charge in [-0.1, -0.05) is 66.8 Å². The predicted molar refractivity (Wildman–Crippen MR) is 206 cm³/mol. The number of carbonyl (C=O) groups excluding carboxylic acids is 4. The zero-order valence-corrected chi connectivity index (χ0v) is 32.1. The lowest BCUT2D eigenvalue weighted by Crippen LogP contribution is -2.32. The maximum absolute atomic E-state index is 13.5. The van der Waals surface area contributed by atoms with Crippen LogP contribution in [0.1, 0.15) is 71.9 Å². The zero-order chi connectivity index (χ0) is 40.6. The highest BCUT2D eigenvalue weighted by Gasteiger charge is 2.37. The number of benzene rings is 3. The highest BCUT2D eigenvalue weighted by molar-refractivity contribution is 6.11. The second-order valence-corrected chi connectivity index (χ2v) is 13.0. The van der Waals surface area contributed by atoms with E-state index in [4.69, 9.17) is 9.47 Å². The molecule has 2 amide bonds. The van der Waals surface area contributed by atoms with Crippen LogP contribution in [-0.4, -0.2) is 69.7 Å². The Labute approximate surface area is 320 Å². The number of alkyl halides is 3. The first kappa shape index (κ1) is 43.9.